The summed E-state index contributed by atoms with van der Waals surface area (Å²) in [5, 5.41) is 8.96. The van der Waals surface area contributed by atoms with Crippen molar-refractivity contribution in [1.82, 2.24) is 19.7 Å². The summed E-state index contributed by atoms with van der Waals surface area (Å²) in [6, 6.07) is 19.8. The molecule has 1 atom stereocenters. The van der Waals surface area contributed by atoms with E-state index < -0.39 is 5.91 Å². The summed E-state index contributed by atoms with van der Waals surface area (Å²) < 4.78 is 19.7. The highest BCUT2D eigenvalue weighted by molar-refractivity contribution is 6.16. The van der Waals surface area contributed by atoms with Gasteiger partial charge in [0.2, 0.25) is 0 Å². The van der Waals surface area contributed by atoms with Crippen molar-refractivity contribution < 1.29 is 19.0 Å². The topological polar surface area (TPSA) is 96.6 Å². The molecule has 0 radical (unpaired) electrons. The van der Waals surface area contributed by atoms with Gasteiger partial charge in [0, 0.05) is 23.3 Å². The van der Waals surface area contributed by atoms with Gasteiger partial charge in [0.25, 0.3) is 11.5 Å². The van der Waals surface area contributed by atoms with Gasteiger partial charge in [-0.15, -0.1) is 0 Å². The van der Waals surface area contributed by atoms with Crippen molar-refractivity contribution in [2.24, 2.45) is 7.05 Å². The summed E-state index contributed by atoms with van der Waals surface area (Å²) in [5.74, 6) is 1.59. The maximum atomic E-state index is 13.8. The fourth-order valence-electron chi connectivity index (χ4n) is 4.91. The Balaban J connectivity index is 1.48. The van der Waals surface area contributed by atoms with Crippen molar-refractivity contribution in [3.05, 3.63) is 88.3 Å². The lowest BCUT2D eigenvalue weighted by Gasteiger charge is -2.21. The Morgan fingerprint density at radius 2 is 1.76 bits per heavy atom. The molecule has 0 fully saturated rings. The molecule has 0 bridgehead atoms. The third kappa shape index (κ3) is 3.83. The van der Waals surface area contributed by atoms with Crippen LogP contribution in [0.1, 0.15) is 29.0 Å². The number of hydrogen-bond donors (Lipinski definition) is 1. The minimum absolute atomic E-state index is 0.164. The van der Waals surface area contributed by atoms with Gasteiger partial charge in [-0.2, -0.15) is 9.78 Å². The van der Waals surface area contributed by atoms with Gasteiger partial charge in [-0.25, -0.2) is 0 Å². The number of para-hydroxylation sites is 1. The Bertz CT molecular complexity index is 1750. The molecular weight excluding hydrogens is 484 g/mol. The van der Waals surface area contributed by atoms with E-state index >= 15 is 0 Å². The predicted molar refractivity (Wildman–Crippen MR) is 144 cm³/mol. The van der Waals surface area contributed by atoms with Crippen LogP contribution in [0.2, 0.25) is 0 Å². The highest BCUT2D eigenvalue weighted by Crippen LogP contribution is 2.33. The van der Waals surface area contributed by atoms with Crippen molar-refractivity contribution in [3.8, 4) is 22.9 Å². The van der Waals surface area contributed by atoms with Crippen LogP contribution < -0.4 is 25.1 Å². The normalized spacial score (nSPS) is 13.4. The summed E-state index contributed by atoms with van der Waals surface area (Å²) in [6.45, 7) is 2.88. The summed E-state index contributed by atoms with van der Waals surface area (Å²) in [4.78, 5) is 27.5. The number of nitrogens with one attached hydrogen (secondary N) is 1. The second-order valence-electron chi connectivity index (χ2n) is 9.16. The number of aryl methyl sites for hydroxylation is 1. The molecular formula is C29H26N4O5. The molecule has 38 heavy (non-hydrogen) atoms. The Morgan fingerprint density at radius 3 is 2.53 bits per heavy atom. The second-order valence-corrected chi connectivity index (χ2v) is 9.16. The van der Waals surface area contributed by atoms with Crippen LogP contribution in [0.4, 0.5) is 0 Å². The molecule has 1 N–H and O–H groups in total. The number of aromatic nitrogens is 3. The van der Waals surface area contributed by atoms with Crippen molar-refractivity contribution in [2.75, 3.05) is 20.3 Å². The number of amides is 1. The molecule has 3 heterocycles. The van der Waals surface area contributed by atoms with Gasteiger partial charge in [-0.1, -0.05) is 24.3 Å². The van der Waals surface area contributed by atoms with Crippen LogP contribution in [-0.4, -0.2) is 40.6 Å². The Kier molecular flexibility index (Phi) is 5.75. The zero-order chi connectivity index (χ0) is 26.4. The third-order valence-corrected chi connectivity index (χ3v) is 6.88. The molecule has 9 nitrogen and oxygen atoms in total. The van der Waals surface area contributed by atoms with Crippen LogP contribution in [0.5, 0.6) is 17.2 Å². The van der Waals surface area contributed by atoms with Crippen molar-refractivity contribution in [3.63, 3.8) is 0 Å². The molecule has 192 valence electrons. The van der Waals surface area contributed by atoms with E-state index in [2.05, 4.69) is 10.4 Å². The van der Waals surface area contributed by atoms with E-state index in [4.69, 9.17) is 14.2 Å². The molecule has 0 saturated carbocycles. The Morgan fingerprint density at radius 1 is 1.03 bits per heavy atom. The number of methoxy groups -OCH3 is 1. The van der Waals surface area contributed by atoms with Gasteiger partial charge < -0.3 is 24.1 Å². The molecule has 3 aromatic carbocycles. The minimum Gasteiger partial charge on any atom is -0.497 e. The highest BCUT2D eigenvalue weighted by atomic mass is 16.6. The molecule has 5 aromatic rings. The monoisotopic (exact) mass is 510 g/mol. The molecule has 1 amide bonds. The van der Waals surface area contributed by atoms with Crippen LogP contribution in [-0.2, 0) is 7.05 Å². The van der Waals surface area contributed by atoms with Crippen molar-refractivity contribution in [2.45, 2.75) is 13.0 Å². The van der Waals surface area contributed by atoms with Crippen LogP contribution in [0.3, 0.4) is 0 Å². The van der Waals surface area contributed by atoms with E-state index in [9.17, 15) is 9.59 Å². The summed E-state index contributed by atoms with van der Waals surface area (Å²) >= 11 is 0. The molecule has 9 heteroatoms. The van der Waals surface area contributed by atoms with Gasteiger partial charge in [-0.05, 0) is 55.0 Å². The largest absolute Gasteiger partial charge is 0.497 e. The predicted octanol–water partition coefficient (Wildman–Crippen LogP) is 4.15. The summed E-state index contributed by atoms with van der Waals surface area (Å²) in [7, 11) is 3.40. The third-order valence-electron chi connectivity index (χ3n) is 6.88. The minimum atomic E-state index is -0.393. The number of carbonyl (C=O) groups is 1. The molecule has 0 aliphatic carbocycles. The van der Waals surface area contributed by atoms with Crippen LogP contribution in [0.25, 0.3) is 27.5 Å². The Hall–Kier alpha value is -4.79. The van der Waals surface area contributed by atoms with E-state index in [0.29, 0.717) is 47.1 Å². The maximum Gasteiger partial charge on any atom is 0.296 e. The first-order valence-corrected chi connectivity index (χ1v) is 12.3. The van der Waals surface area contributed by atoms with E-state index in [1.807, 2.05) is 61.0 Å². The first kappa shape index (κ1) is 23.6. The summed E-state index contributed by atoms with van der Waals surface area (Å²) in [6.07, 6.45) is 0. The molecule has 0 saturated heterocycles. The van der Waals surface area contributed by atoms with Gasteiger partial charge >= 0.3 is 0 Å². The van der Waals surface area contributed by atoms with Crippen molar-refractivity contribution in [1.29, 1.82) is 0 Å². The SMILES string of the molecule is COc1ccc(-n2nc(C(=O)NC(C)c3ccc4c(c3)OCCO4)c3c4ccccc4n(C)c3c2=O)cc1. The van der Waals surface area contributed by atoms with E-state index in [1.54, 1.807) is 31.4 Å². The average molecular weight is 511 g/mol. The number of carbonyl (C=O) groups excluding carboxylic acids is 1. The van der Waals surface area contributed by atoms with Gasteiger partial charge in [0.1, 0.15) is 24.5 Å². The molecule has 2 aromatic heterocycles. The zero-order valence-electron chi connectivity index (χ0n) is 21.2. The second kappa shape index (κ2) is 9.26. The van der Waals surface area contributed by atoms with Crippen molar-refractivity contribution >= 4 is 27.7 Å². The molecule has 1 aliphatic heterocycles. The lowest BCUT2D eigenvalue weighted by atomic mass is 10.1. The fraction of sp³-hybridized carbons (Fsp3) is 0.207. The van der Waals surface area contributed by atoms with Gasteiger partial charge in [0.15, 0.2) is 17.2 Å². The lowest BCUT2D eigenvalue weighted by molar-refractivity contribution is 0.0935. The number of hydrogen-bond acceptors (Lipinski definition) is 6. The molecule has 0 spiro atoms. The van der Waals surface area contributed by atoms with E-state index in [-0.39, 0.29) is 17.3 Å². The average Bonchev–Trinajstić information content (AvgIpc) is 3.26. The lowest BCUT2D eigenvalue weighted by Crippen LogP contribution is -2.32. The molecule has 1 aliphatic rings. The van der Waals surface area contributed by atoms with Crippen LogP contribution >= 0.6 is 0 Å². The Labute approximate surface area is 218 Å². The summed E-state index contributed by atoms with van der Waals surface area (Å²) in [5.41, 5.74) is 2.46. The maximum absolute atomic E-state index is 13.8. The first-order valence-electron chi connectivity index (χ1n) is 12.3. The molecule has 1 unspecified atom stereocenters. The van der Waals surface area contributed by atoms with Crippen LogP contribution in [0.15, 0.2) is 71.5 Å². The highest BCUT2D eigenvalue weighted by Gasteiger charge is 2.25. The van der Waals surface area contributed by atoms with E-state index in [0.717, 1.165) is 16.5 Å². The van der Waals surface area contributed by atoms with Crippen LogP contribution in [0, 0.1) is 0 Å². The number of fused-ring (bicyclic) bond motifs is 4. The molecule has 6 rings (SSSR count). The fourth-order valence-corrected chi connectivity index (χ4v) is 4.91. The smallest absolute Gasteiger partial charge is 0.296 e. The quantitative estimate of drug-likeness (QED) is 0.382. The number of nitrogens with zero attached hydrogens (tertiary/aromatic N) is 3. The number of rotatable bonds is 5. The van der Waals surface area contributed by atoms with Gasteiger partial charge in [0.05, 0.1) is 18.8 Å². The van der Waals surface area contributed by atoms with Gasteiger partial charge in [-0.3, -0.25) is 9.59 Å². The standard InChI is InChI=1S/C29H26N4O5/c1-17(18-8-13-23-24(16-18)38-15-14-37-23)30-28(34)26-25-21-6-4-5-7-22(21)32(2)27(25)29(35)33(31-26)19-9-11-20(36-3)12-10-19/h4-13,16-17H,14-15H2,1-3H3,(H,30,34). The van der Waals surface area contributed by atoms with E-state index in [1.165, 1.54) is 4.68 Å². The number of ether oxygens (including phenoxy) is 3. The first-order chi connectivity index (χ1) is 18.5. The number of benzene rings is 3. The zero-order valence-corrected chi connectivity index (χ0v) is 21.2.